The third-order valence-electron chi connectivity index (χ3n) is 2.00. The van der Waals surface area contributed by atoms with E-state index in [0.717, 1.165) is 17.5 Å². The number of anilines is 1. The Hall–Kier alpha value is -2.30. The maximum absolute atomic E-state index is 10.9. The molecule has 1 aromatic rings. The van der Waals surface area contributed by atoms with Crippen LogP contribution in [-0.4, -0.2) is 12.1 Å². The Kier molecular flexibility index (Phi) is 3.66. The Morgan fingerprint density at radius 2 is 2.12 bits per heavy atom. The number of carbonyl (C=O) groups is 1. The zero-order valence-electron chi connectivity index (χ0n) is 8.95. The number of aryl methyl sites for hydroxylation is 1. The molecule has 1 rings (SSSR count). The number of benzene rings is 1. The predicted molar refractivity (Wildman–Crippen MR) is 64.0 cm³/mol. The molecule has 84 valence electrons. The summed E-state index contributed by atoms with van der Waals surface area (Å²) in [5.74, 6) is -0.652. The molecule has 0 atom stereocenters. The van der Waals surface area contributed by atoms with E-state index >= 15 is 0 Å². The van der Waals surface area contributed by atoms with Crippen LogP contribution in [0.3, 0.4) is 0 Å². The van der Waals surface area contributed by atoms with Crippen LogP contribution in [0.15, 0.2) is 35.7 Å². The Bertz CT molecular complexity index is 451. The molecule has 1 aromatic carbocycles. The van der Waals surface area contributed by atoms with Crippen molar-refractivity contribution < 1.29 is 4.79 Å². The van der Waals surface area contributed by atoms with E-state index in [4.69, 9.17) is 16.9 Å². The van der Waals surface area contributed by atoms with Gasteiger partial charge in [0.15, 0.2) is 0 Å². The number of hydrogen-bond donors (Lipinski definition) is 4. The average molecular weight is 218 g/mol. The number of nitrogens with two attached hydrogens (primary N) is 2. The van der Waals surface area contributed by atoms with Crippen LogP contribution in [0.4, 0.5) is 5.69 Å². The lowest BCUT2D eigenvalue weighted by atomic mass is 10.2. The molecule has 16 heavy (non-hydrogen) atoms. The van der Waals surface area contributed by atoms with Crippen molar-refractivity contribution in [3.8, 4) is 0 Å². The highest BCUT2D eigenvalue weighted by Crippen LogP contribution is 2.11. The monoisotopic (exact) mass is 218 g/mol. The summed E-state index contributed by atoms with van der Waals surface area (Å²) in [4.78, 5) is 10.9. The highest BCUT2D eigenvalue weighted by Gasteiger charge is 2.07. The van der Waals surface area contributed by atoms with E-state index in [2.05, 4.69) is 5.32 Å². The van der Waals surface area contributed by atoms with Gasteiger partial charge >= 0.3 is 0 Å². The lowest BCUT2D eigenvalue weighted by molar-refractivity contribution is -0.114. The van der Waals surface area contributed by atoms with Crippen LogP contribution in [0.1, 0.15) is 5.56 Å². The summed E-state index contributed by atoms with van der Waals surface area (Å²) >= 11 is 0. The molecule has 0 bridgehead atoms. The van der Waals surface area contributed by atoms with E-state index in [1.807, 2.05) is 31.2 Å². The summed E-state index contributed by atoms with van der Waals surface area (Å²) in [7, 11) is 0. The SMILES string of the molecule is Cc1cccc(N/C(N)=C(/C=N)C(N)=O)c1. The minimum atomic E-state index is -0.729. The molecule has 0 spiro atoms. The maximum Gasteiger partial charge on any atom is 0.253 e. The van der Waals surface area contributed by atoms with Gasteiger partial charge in [0.2, 0.25) is 0 Å². The van der Waals surface area contributed by atoms with Gasteiger partial charge in [-0.15, -0.1) is 0 Å². The van der Waals surface area contributed by atoms with Gasteiger partial charge < -0.3 is 22.2 Å². The predicted octanol–water partition coefficient (Wildman–Crippen LogP) is 0.712. The first-order valence-corrected chi connectivity index (χ1v) is 4.68. The molecule has 0 aliphatic carbocycles. The fourth-order valence-electron chi connectivity index (χ4n) is 1.23. The van der Waals surface area contributed by atoms with E-state index in [-0.39, 0.29) is 11.4 Å². The summed E-state index contributed by atoms with van der Waals surface area (Å²) in [6, 6.07) is 7.48. The van der Waals surface area contributed by atoms with E-state index in [0.29, 0.717) is 0 Å². The first kappa shape index (κ1) is 11.8. The molecule has 5 heteroatoms. The summed E-state index contributed by atoms with van der Waals surface area (Å²) in [5, 5.41) is 9.85. The van der Waals surface area contributed by atoms with Gasteiger partial charge in [-0.25, -0.2) is 0 Å². The zero-order valence-corrected chi connectivity index (χ0v) is 8.95. The smallest absolute Gasteiger partial charge is 0.253 e. The molecular weight excluding hydrogens is 204 g/mol. The number of carbonyl (C=O) groups excluding carboxylic acids is 1. The summed E-state index contributed by atoms with van der Waals surface area (Å²) in [5.41, 5.74) is 12.5. The molecule has 1 amide bonds. The Balaban J connectivity index is 2.97. The molecule has 6 N–H and O–H groups in total. The first-order valence-electron chi connectivity index (χ1n) is 4.68. The van der Waals surface area contributed by atoms with Gasteiger partial charge in [-0.05, 0) is 24.6 Å². The first-order chi connectivity index (χ1) is 7.54. The molecule has 0 saturated heterocycles. The number of hydrogen-bond acceptors (Lipinski definition) is 4. The second-order valence-corrected chi connectivity index (χ2v) is 3.33. The summed E-state index contributed by atoms with van der Waals surface area (Å²) < 4.78 is 0. The van der Waals surface area contributed by atoms with Crippen LogP contribution in [0.5, 0.6) is 0 Å². The van der Waals surface area contributed by atoms with Crippen LogP contribution in [0.2, 0.25) is 0 Å². The largest absolute Gasteiger partial charge is 0.385 e. The second-order valence-electron chi connectivity index (χ2n) is 3.33. The topological polar surface area (TPSA) is 105 Å². The van der Waals surface area contributed by atoms with Gasteiger partial charge in [0, 0.05) is 11.9 Å². The third-order valence-corrected chi connectivity index (χ3v) is 2.00. The quantitative estimate of drug-likeness (QED) is 0.442. The number of rotatable bonds is 4. The van der Waals surface area contributed by atoms with Gasteiger partial charge in [0.1, 0.15) is 5.82 Å². The van der Waals surface area contributed by atoms with E-state index in [1.54, 1.807) is 0 Å². The van der Waals surface area contributed by atoms with Crippen molar-refractivity contribution in [3.63, 3.8) is 0 Å². The molecule has 0 aromatic heterocycles. The minimum absolute atomic E-state index is 0.0403. The lowest BCUT2D eigenvalue weighted by Gasteiger charge is -2.09. The summed E-state index contributed by atoms with van der Waals surface area (Å²) in [6.07, 6.45) is 0.834. The molecular formula is C11H14N4O. The lowest BCUT2D eigenvalue weighted by Crippen LogP contribution is -2.23. The van der Waals surface area contributed by atoms with Gasteiger partial charge in [0.05, 0.1) is 5.57 Å². The van der Waals surface area contributed by atoms with Gasteiger partial charge in [-0.3, -0.25) is 4.79 Å². The van der Waals surface area contributed by atoms with Crippen molar-refractivity contribution in [1.29, 1.82) is 5.41 Å². The van der Waals surface area contributed by atoms with Crippen LogP contribution in [0.25, 0.3) is 0 Å². The van der Waals surface area contributed by atoms with Gasteiger partial charge in [-0.1, -0.05) is 12.1 Å². The Morgan fingerprint density at radius 3 is 2.62 bits per heavy atom. The van der Waals surface area contributed by atoms with Crippen molar-refractivity contribution in [1.82, 2.24) is 0 Å². The normalized spacial score (nSPS) is 11.6. The second kappa shape index (κ2) is 4.97. The van der Waals surface area contributed by atoms with Crippen LogP contribution < -0.4 is 16.8 Å². The molecule has 0 radical (unpaired) electrons. The van der Waals surface area contributed by atoms with Crippen molar-refractivity contribution in [3.05, 3.63) is 41.2 Å². The van der Waals surface area contributed by atoms with E-state index in [1.165, 1.54) is 0 Å². The zero-order chi connectivity index (χ0) is 12.1. The number of amides is 1. The number of primary amides is 1. The Labute approximate surface area is 93.6 Å². The number of nitrogens with one attached hydrogen (secondary N) is 2. The van der Waals surface area contributed by atoms with Gasteiger partial charge in [0.25, 0.3) is 5.91 Å². The molecule has 0 saturated carbocycles. The van der Waals surface area contributed by atoms with Crippen LogP contribution in [0, 0.1) is 12.3 Å². The molecule has 0 aliphatic rings. The molecule has 5 nitrogen and oxygen atoms in total. The summed E-state index contributed by atoms with van der Waals surface area (Å²) in [6.45, 7) is 1.94. The van der Waals surface area contributed by atoms with Crippen molar-refractivity contribution in [2.75, 3.05) is 5.32 Å². The van der Waals surface area contributed by atoms with Crippen molar-refractivity contribution in [2.24, 2.45) is 11.5 Å². The molecule has 0 heterocycles. The molecule has 0 unspecified atom stereocenters. The fraction of sp³-hybridized carbons (Fsp3) is 0.0909. The molecule has 0 fully saturated rings. The third kappa shape index (κ3) is 2.84. The highest BCUT2D eigenvalue weighted by molar-refractivity contribution is 6.11. The average Bonchev–Trinajstić information content (AvgIpc) is 2.17. The Morgan fingerprint density at radius 1 is 1.44 bits per heavy atom. The highest BCUT2D eigenvalue weighted by atomic mass is 16.1. The van der Waals surface area contributed by atoms with Crippen LogP contribution in [-0.2, 0) is 4.79 Å². The van der Waals surface area contributed by atoms with E-state index < -0.39 is 5.91 Å². The maximum atomic E-state index is 10.9. The minimum Gasteiger partial charge on any atom is -0.385 e. The standard InChI is InChI=1S/C11H14N4O/c1-7-3-2-4-8(5-7)15-10(13)9(6-12)11(14)16/h2-6,12,15H,13H2,1H3,(H2,14,16)/b10-9-,12-6?. The van der Waals surface area contributed by atoms with Crippen molar-refractivity contribution >= 4 is 17.8 Å². The van der Waals surface area contributed by atoms with Crippen LogP contribution >= 0.6 is 0 Å². The molecule has 0 aliphatic heterocycles. The van der Waals surface area contributed by atoms with E-state index in [9.17, 15) is 4.79 Å². The fourth-order valence-corrected chi connectivity index (χ4v) is 1.23. The van der Waals surface area contributed by atoms with Gasteiger partial charge in [-0.2, -0.15) is 0 Å². The van der Waals surface area contributed by atoms with Crippen molar-refractivity contribution in [2.45, 2.75) is 6.92 Å².